The molecule has 0 amide bonds. The molecule has 0 spiro atoms. The maximum absolute atomic E-state index is 5.94. The van der Waals surface area contributed by atoms with Gasteiger partial charge in [-0.1, -0.05) is 0 Å². The van der Waals surface area contributed by atoms with E-state index in [9.17, 15) is 0 Å². The van der Waals surface area contributed by atoms with E-state index in [1.807, 2.05) is 7.05 Å². The standard InChI is InChI=1S/C10H19NO2/c1-11-6-9-2-3-10(13-9)8-4-5-12-7-8/h8-11H,2-7H2,1H3. The molecule has 2 fully saturated rings. The van der Waals surface area contributed by atoms with Crippen LogP contribution in [0.15, 0.2) is 0 Å². The first-order valence-corrected chi connectivity index (χ1v) is 5.28. The molecule has 0 bridgehead atoms. The van der Waals surface area contributed by atoms with Gasteiger partial charge in [0.2, 0.25) is 0 Å². The first-order valence-electron chi connectivity index (χ1n) is 5.28. The molecule has 2 saturated heterocycles. The van der Waals surface area contributed by atoms with Crippen LogP contribution in [0.4, 0.5) is 0 Å². The molecule has 76 valence electrons. The zero-order chi connectivity index (χ0) is 9.10. The smallest absolute Gasteiger partial charge is 0.0704 e. The largest absolute Gasteiger partial charge is 0.381 e. The van der Waals surface area contributed by atoms with Crippen LogP contribution in [0.25, 0.3) is 0 Å². The number of rotatable bonds is 3. The summed E-state index contributed by atoms with van der Waals surface area (Å²) in [4.78, 5) is 0. The molecule has 2 aliphatic heterocycles. The summed E-state index contributed by atoms with van der Waals surface area (Å²) in [6.07, 6.45) is 4.54. The molecule has 0 aliphatic carbocycles. The molecule has 3 heteroatoms. The molecule has 0 aromatic carbocycles. The van der Waals surface area contributed by atoms with Crippen molar-refractivity contribution in [3.8, 4) is 0 Å². The number of likely N-dealkylation sites (N-methyl/N-ethyl adjacent to an activating group) is 1. The number of nitrogens with one attached hydrogen (secondary N) is 1. The summed E-state index contributed by atoms with van der Waals surface area (Å²) >= 11 is 0. The number of ether oxygens (including phenoxy) is 2. The Balaban J connectivity index is 1.76. The summed E-state index contributed by atoms with van der Waals surface area (Å²) in [6, 6.07) is 0. The third-order valence-electron chi connectivity index (χ3n) is 3.06. The lowest BCUT2D eigenvalue weighted by Crippen LogP contribution is -2.26. The molecule has 3 atom stereocenters. The lowest BCUT2D eigenvalue weighted by atomic mass is 9.99. The highest BCUT2D eigenvalue weighted by Crippen LogP contribution is 2.29. The summed E-state index contributed by atoms with van der Waals surface area (Å²) in [7, 11) is 1.98. The molecule has 0 saturated carbocycles. The molecule has 0 aromatic heterocycles. The van der Waals surface area contributed by atoms with Crippen molar-refractivity contribution in [1.29, 1.82) is 0 Å². The fourth-order valence-corrected chi connectivity index (χ4v) is 2.30. The summed E-state index contributed by atoms with van der Waals surface area (Å²) < 4.78 is 11.3. The maximum Gasteiger partial charge on any atom is 0.0704 e. The summed E-state index contributed by atoms with van der Waals surface area (Å²) in [5, 5.41) is 3.16. The van der Waals surface area contributed by atoms with Crippen molar-refractivity contribution in [3.63, 3.8) is 0 Å². The monoisotopic (exact) mass is 185 g/mol. The van der Waals surface area contributed by atoms with Gasteiger partial charge in [0.05, 0.1) is 18.8 Å². The van der Waals surface area contributed by atoms with Crippen molar-refractivity contribution in [3.05, 3.63) is 0 Å². The molecule has 1 N–H and O–H groups in total. The minimum Gasteiger partial charge on any atom is -0.381 e. The molecule has 13 heavy (non-hydrogen) atoms. The van der Waals surface area contributed by atoms with E-state index in [1.54, 1.807) is 0 Å². The topological polar surface area (TPSA) is 30.5 Å². The molecular formula is C10H19NO2. The quantitative estimate of drug-likeness (QED) is 0.705. The first kappa shape index (κ1) is 9.44. The van der Waals surface area contributed by atoms with Crippen LogP contribution >= 0.6 is 0 Å². The first-order chi connectivity index (χ1) is 6.40. The van der Waals surface area contributed by atoms with E-state index >= 15 is 0 Å². The van der Waals surface area contributed by atoms with Crippen LogP contribution in [-0.2, 0) is 9.47 Å². The Morgan fingerprint density at radius 1 is 1.31 bits per heavy atom. The van der Waals surface area contributed by atoms with Crippen molar-refractivity contribution in [2.45, 2.75) is 31.5 Å². The van der Waals surface area contributed by atoms with E-state index in [1.165, 1.54) is 19.3 Å². The average Bonchev–Trinajstić information content (AvgIpc) is 2.70. The van der Waals surface area contributed by atoms with Crippen molar-refractivity contribution in [2.24, 2.45) is 5.92 Å². The van der Waals surface area contributed by atoms with Gasteiger partial charge in [0.15, 0.2) is 0 Å². The van der Waals surface area contributed by atoms with E-state index in [-0.39, 0.29) is 0 Å². The second kappa shape index (κ2) is 4.40. The van der Waals surface area contributed by atoms with Gasteiger partial charge in [0.1, 0.15) is 0 Å². The molecule has 3 unspecified atom stereocenters. The lowest BCUT2D eigenvalue weighted by Gasteiger charge is -2.17. The Morgan fingerprint density at radius 3 is 2.92 bits per heavy atom. The van der Waals surface area contributed by atoms with Crippen molar-refractivity contribution in [2.75, 3.05) is 26.8 Å². The van der Waals surface area contributed by atoms with Gasteiger partial charge >= 0.3 is 0 Å². The Hall–Kier alpha value is -0.120. The second-order valence-electron chi connectivity index (χ2n) is 4.06. The molecule has 0 radical (unpaired) electrons. The highest BCUT2D eigenvalue weighted by Gasteiger charge is 2.33. The van der Waals surface area contributed by atoms with Gasteiger partial charge in [-0.05, 0) is 26.3 Å². The average molecular weight is 185 g/mol. The summed E-state index contributed by atoms with van der Waals surface area (Å²) in [5.74, 6) is 0.668. The maximum atomic E-state index is 5.94. The minimum absolute atomic E-state index is 0.440. The van der Waals surface area contributed by atoms with Crippen LogP contribution in [0.3, 0.4) is 0 Å². The minimum atomic E-state index is 0.440. The fraction of sp³-hybridized carbons (Fsp3) is 1.00. The fourth-order valence-electron chi connectivity index (χ4n) is 2.30. The zero-order valence-corrected chi connectivity index (χ0v) is 8.29. The third kappa shape index (κ3) is 2.22. The van der Waals surface area contributed by atoms with Crippen LogP contribution in [0, 0.1) is 5.92 Å². The molecule has 2 aliphatic rings. The molecule has 2 heterocycles. The SMILES string of the molecule is CNCC1CCC(C2CCOC2)O1. The molecular weight excluding hydrogens is 166 g/mol. The van der Waals surface area contributed by atoms with E-state index < -0.39 is 0 Å². The highest BCUT2D eigenvalue weighted by molar-refractivity contribution is 4.82. The summed E-state index contributed by atoms with van der Waals surface area (Å²) in [5.41, 5.74) is 0. The molecule has 2 rings (SSSR count). The van der Waals surface area contributed by atoms with E-state index in [0.717, 1.165) is 19.8 Å². The predicted molar refractivity (Wildman–Crippen MR) is 50.7 cm³/mol. The van der Waals surface area contributed by atoms with E-state index in [4.69, 9.17) is 9.47 Å². The Kier molecular flexibility index (Phi) is 3.19. The zero-order valence-electron chi connectivity index (χ0n) is 8.29. The normalized spacial score (nSPS) is 39.9. The summed E-state index contributed by atoms with van der Waals surface area (Å²) in [6.45, 7) is 2.84. The van der Waals surface area contributed by atoms with Gasteiger partial charge in [-0.2, -0.15) is 0 Å². The van der Waals surface area contributed by atoms with Crippen molar-refractivity contribution in [1.82, 2.24) is 5.32 Å². The number of hydrogen-bond donors (Lipinski definition) is 1. The lowest BCUT2D eigenvalue weighted by molar-refractivity contribution is 0.00914. The van der Waals surface area contributed by atoms with Gasteiger partial charge in [0, 0.05) is 19.1 Å². The van der Waals surface area contributed by atoms with Crippen LogP contribution in [0.2, 0.25) is 0 Å². The van der Waals surface area contributed by atoms with Crippen LogP contribution in [-0.4, -0.2) is 39.0 Å². The van der Waals surface area contributed by atoms with Crippen molar-refractivity contribution < 1.29 is 9.47 Å². The second-order valence-corrected chi connectivity index (χ2v) is 4.06. The Bertz CT molecular complexity index is 157. The molecule has 0 aromatic rings. The Labute approximate surface area is 79.8 Å². The van der Waals surface area contributed by atoms with Crippen LogP contribution < -0.4 is 5.32 Å². The van der Waals surface area contributed by atoms with E-state index in [0.29, 0.717) is 18.1 Å². The molecule has 3 nitrogen and oxygen atoms in total. The number of hydrogen-bond acceptors (Lipinski definition) is 3. The van der Waals surface area contributed by atoms with Crippen LogP contribution in [0.5, 0.6) is 0 Å². The van der Waals surface area contributed by atoms with Crippen LogP contribution in [0.1, 0.15) is 19.3 Å². The van der Waals surface area contributed by atoms with Gasteiger partial charge in [0.25, 0.3) is 0 Å². The highest BCUT2D eigenvalue weighted by atomic mass is 16.5. The van der Waals surface area contributed by atoms with Gasteiger partial charge < -0.3 is 14.8 Å². The van der Waals surface area contributed by atoms with E-state index in [2.05, 4.69) is 5.32 Å². The van der Waals surface area contributed by atoms with Crippen molar-refractivity contribution >= 4 is 0 Å². The predicted octanol–water partition coefficient (Wildman–Crippen LogP) is 0.790. The van der Waals surface area contributed by atoms with Gasteiger partial charge in [-0.25, -0.2) is 0 Å². The van der Waals surface area contributed by atoms with Gasteiger partial charge in [-0.3, -0.25) is 0 Å². The third-order valence-corrected chi connectivity index (χ3v) is 3.06. The van der Waals surface area contributed by atoms with Gasteiger partial charge in [-0.15, -0.1) is 0 Å². The Morgan fingerprint density at radius 2 is 2.23 bits per heavy atom.